The van der Waals surface area contributed by atoms with Crippen molar-refractivity contribution in [3.8, 4) is 0 Å². The molecule has 0 saturated carbocycles. The van der Waals surface area contributed by atoms with Crippen LogP contribution in [0.1, 0.15) is 79.5 Å². The van der Waals surface area contributed by atoms with Crippen LogP contribution in [0.5, 0.6) is 0 Å². The summed E-state index contributed by atoms with van der Waals surface area (Å²) in [7, 11) is 0. The van der Waals surface area contributed by atoms with E-state index in [0.29, 0.717) is 37.3 Å². The Hall–Kier alpha value is -2.37. The molecule has 0 unspecified atom stereocenters. The van der Waals surface area contributed by atoms with Gasteiger partial charge in [0.1, 0.15) is 5.60 Å². The summed E-state index contributed by atoms with van der Waals surface area (Å²) >= 11 is 0. The van der Waals surface area contributed by atoms with Crippen molar-refractivity contribution in [3.05, 3.63) is 34.9 Å². The number of hydrogen-bond acceptors (Lipinski definition) is 4. The molecule has 1 aromatic rings. The van der Waals surface area contributed by atoms with Gasteiger partial charge in [-0.2, -0.15) is 0 Å². The highest BCUT2D eigenvalue weighted by Gasteiger charge is 2.23. The minimum Gasteiger partial charge on any atom is -0.456 e. The molecular formula is C21H32N2O4. The van der Waals surface area contributed by atoms with E-state index in [0.717, 1.165) is 0 Å². The summed E-state index contributed by atoms with van der Waals surface area (Å²) in [5, 5.41) is 0. The summed E-state index contributed by atoms with van der Waals surface area (Å²) in [5.41, 5.74) is 0.174. The van der Waals surface area contributed by atoms with Crippen LogP contribution in [0.25, 0.3) is 0 Å². The third-order valence-electron chi connectivity index (χ3n) is 4.16. The minimum atomic E-state index is -0.668. The average molecular weight is 376 g/mol. The minimum absolute atomic E-state index is 0.207. The highest BCUT2D eigenvalue weighted by atomic mass is 16.6. The van der Waals surface area contributed by atoms with Gasteiger partial charge in [0.05, 0.1) is 5.56 Å². The molecule has 27 heavy (non-hydrogen) atoms. The molecular weight excluding hydrogens is 344 g/mol. The first-order valence-electron chi connectivity index (χ1n) is 9.54. The maximum absolute atomic E-state index is 12.8. The van der Waals surface area contributed by atoms with Crippen LogP contribution in [0.4, 0.5) is 0 Å². The van der Waals surface area contributed by atoms with Crippen LogP contribution >= 0.6 is 0 Å². The molecule has 0 heterocycles. The summed E-state index contributed by atoms with van der Waals surface area (Å²) < 4.78 is 5.43. The van der Waals surface area contributed by atoms with Crippen molar-refractivity contribution in [2.75, 3.05) is 26.2 Å². The van der Waals surface area contributed by atoms with E-state index in [-0.39, 0.29) is 17.4 Å². The Morgan fingerprint density at radius 2 is 1.07 bits per heavy atom. The Bertz CT molecular complexity index is 642. The number of nitrogens with zero attached hydrogens (tertiary/aromatic N) is 2. The van der Waals surface area contributed by atoms with Crippen LogP contribution in [0, 0.1) is 0 Å². The lowest BCUT2D eigenvalue weighted by atomic mass is 10.0. The summed E-state index contributed by atoms with van der Waals surface area (Å²) in [6.45, 7) is 15.1. The van der Waals surface area contributed by atoms with E-state index in [2.05, 4.69) is 0 Å². The summed E-state index contributed by atoms with van der Waals surface area (Å²) in [5.74, 6) is -0.969. The molecule has 150 valence electrons. The lowest BCUT2D eigenvalue weighted by Crippen LogP contribution is -2.33. The molecule has 0 fully saturated rings. The van der Waals surface area contributed by atoms with E-state index in [1.165, 1.54) is 12.1 Å². The Kier molecular flexibility index (Phi) is 8.00. The zero-order chi connectivity index (χ0) is 20.8. The third kappa shape index (κ3) is 6.08. The predicted octanol–water partition coefficient (Wildman–Crippen LogP) is 3.61. The second-order valence-electron chi connectivity index (χ2n) is 7.26. The summed E-state index contributed by atoms with van der Waals surface area (Å²) in [6.07, 6.45) is 0. The number of carbonyl (C=O) groups excluding carboxylic acids is 3. The molecule has 0 spiro atoms. The van der Waals surface area contributed by atoms with Crippen LogP contribution in [0.2, 0.25) is 0 Å². The predicted molar refractivity (Wildman–Crippen MR) is 106 cm³/mol. The van der Waals surface area contributed by atoms with Gasteiger partial charge in [0, 0.05) is 37.3 Å². The number of benzene rings is 1. The van der Waals surface area contributed by atoms with Gasteiger partial charge in [0.2, 0.25) is 0 Å². The van der Waals surface area contributed by atoms with Crippen molar-refractivity contribution in [3.63, 3.8) is 0 Å². The first-order valence-corrected chi connectivity index (χ1v) is 9.54. The molecule has 0 aromatic heterocycles. The number of amides is 2. The molecule has 0 atom stereocenters. The van der Waals surface area contributed by atoms with Crippen molar-refractivity contribution in [1.82, 2.24) is 9.80 Å². The molecule has 0 N–H and O–H groups in total. The van der Waals surface area contributed by atoms with Gasteiger partial charge in [0.25, 0.3) is 11.8 Å². The molecule has 6 heteroatoms. The maximum Gasteiger partial charge on any atom is 0.338 e. The zero-order valence-electron chi connectivity index (χ0n) is 17.6. The molecule has 0 aliphatic heterocycles. The Balaban J connectivity index is 3.44. The summed E-state index contributed by atoms with van der Waals surface area (Å²) in [4.78, 5) is 41.5. The number of rotatable bonds is 7. The van der Waals surface area contributed by atoms with Gasteiger partial charge in [-0.25, -0.2) is 4.79 Å². The lowest BCUT2D eigenvalue weighted by molar-refractivity contribution is 0.00694. The molecule has 0 bridgehead atoms. The Labute approximate surface area is 162 Å². The lowest BCUT2D eigenvalue weighted by Gasteiger charge is -2.23. The van der Waals surface area contributed by atoms with Crippen molar-refractivity contribution in [1.29, 1.82) is 0 Å². The highest BCUT2D eigenvalue weighted by molar-refractivity contribution is 6.03. The highest BCUT2D eigenvalue weighted by Crippen LogP contribution is 2.18. The normalized spacial score (nSPS) is 11.1. The standard InChI is InChI=1S/C21H32N2O4/c1-8-22(9-2)18(24)15-12-16(19(25)23(10-3)11-4)14-17(13-15)20(26)27-21(5,6)7/h12-14H,8-11H2,1-7H3. The van der Waals surface area contributed by atoms with Gasteiger partial charge < -0.3 is 14.5 Å². The van der Waals surface area contributed by atoms with E-state index in [9.17, 15) is 14.4 Å². The average Bonchev–Trinajstić information content (AvgIpc) is 2.61. The van der Waals surface area contributed by atoms with Gasteiger partial charge >= 0.3 is 5.97 Å². The smallest absolute Gasteiger partial charge is 0.338 e. The number of hydrogen-bond donors (Lipinski definition) is 0. The van der Waals surface area contributed by atoms with E-state index < -0.39 is 11.6 Å². The molecule has 1 aromatic carbocycles. The van der Waals surface area contributed by atoms with Crippen molar-refractivity contribution in [2.45, 2.75) is 54.1 Å². The first-order chi connectivity index (χ1) is 12.6. The van der Waals surface area contributed by atoms with Crippen LogP contribution < -0.4 is 0 Å². The molecule has 1 rings (SSSR count). The maximum atomic E-state index is 12.8. The van der Waals surface area contributed by atoms with Gasteiger partial charge in [-0.15, -0.1) is 0 Å². The fraction of sp³-hybridized carbons (Fsp3) is 0.571. The van der Waals surface area contributed by atoms with E-state index >= 15 is 0 Å². The van der Waals surface area contributed by atoms with E-state index in [4.69, 9.17) is 4.74 Å². The number of carbonyl (C=O) groups is 3. The fourth-order valence-corrected chi connectivity index (χ4v) is 2.72. The van der Waals surface area contributed by atoms with E-state index in [1.807, 2.05) is 27.7 Å². The molecule has 0 aliphatic carbocycles. The van der Waals surface area contributed by atoms with Gasteiger partial charge in [-0.3, -0.25) is 9.59 Å². The fourth-order valence-electron chi connectivity index (χ4n) is 2.72. The van der Waals surface area contributed by atoms with E-state index in [1.54, 1.807) is 36.6 Å². The Morgan fingerprint density at radius 1 is 0.741 bits per heavy atom. The van der Waals surface area contributed by atoms with Crippen LogP contribution in [-0.2, 0) is 4.74 Å². The first kappa shape index (κ1) is 22.7. The molecule has 0 radical (unpaired) electrons. The largest absolute Gasteiger partial charge is 0.456 e. The van der Waals surface area contributed by atoms with Crippen molar-refractivity contribution >= 4 is 17.8 Å². The van der Waals surface area contributed by atoms with Crippen LogP contribution in [0.15, 0.2) is 18.2 Å². The number of esters is 1. The quantitative estimate of drug-likeness (QED) is 0.682. The van der Waals surface area contributed by atoms with Gasteiger partial charge in [-0.05, 0) is 66.7 Å². The Morgan fingerprint density at radius 3 is 1.37 bits per heavy atom. The summed E-state index contributed by atoms with van der Waals surface area (Å²) in [6, 6.07) is 4.58. The van der Waals surface area contributed by atoms with Crippen molar-refractivity contribution < 1.29 is 19.1 Å². The number of ether oxygens (including phenoxy) is 1. The molecule has 2 amide bonds. The van der Waals surface area contributed by atoms with Crippen LogP contribution in [-0.4, -0.2) is 59.4 Å². The second-order valence-corrected chi connectivity index (χ2v) is 7.26. The topological polar surface area (TPSA) is 66.9 Å². The third-order valence-corrected chi connectivity index (χ3v) is 4.16. The van der Waals surface area contributed by atoms with Gasteiger partial charge in [-0.1, -0.05) is 0 Å². The van der Waals surface area contributed by atoms with Gasteiger partial charge in [0.15, 0.2) is 0 Å². The molecule has 0 saturated heterocycles. The second kappa shape index (κ2) is 9.53. The molecule has 6 nitrogen and oxygen atoms in total. The monoisotopic (exact) mass is 376 g/mol. The van der Waals surface area contributed by atoms with Crippen molar-refractivity contribution in [2.24, 2.45) is 0 Å². The zero-order valence-corrected chi connectivity index (χ0v) is 17.6. The molecule has 0 aliphatic rings. The SMILES string of the molecule is CCN(CC)C(=O)c1cc(C(=O)OC(C)(C)C)cc(C(=O)N(CC)CC)c1. The van der Waals surface area contributed by atoms with Crippen LogP contribution in [0.3, 0.4) is 0 Å².